The summed E-state index contributed by atoms with van der Waals surface area (Å²) in [6.45, 7) is 6.95. The number of pyridine rings is 1. The van der Waals surface area contributed by atoms with Gasteiger partial charge in [0.15, 0.2) is 5.65 Å². The predicted molar refractivity (Wildman–Crippen MR) is 154 cm³/mol. The van der Waals surface area contributed by atoms with Crippen LogP contribution in [0.15, 0.2) is 42.7 Å². The molecular formula is C27H32N8O4S. The molecule has 1 aromatic carbocycles. The normalized spacial score (nSPS) is 14.1. The number of hydrogen-bond acceptors (Lipinski definition) is 10. The van der Waals surface area contributed by atoms with E-state index in [4.69, 9.17) is 9.84 Å². The molecule has 1 aliphatic rings. The summed E-state index contributed by atoms with van der Waals surface area (Å²) in [5.74, 6) is -0.286. The molecule has 4 heterocycles. The Morgan fingerprint density at radius 3 is 2.38 bits per heavy atom. The van der Waals surface area contributed by atoms with E-state index in [0.717, 1.165) is 41.8 Å². The van der Waals surface area contributed by atoms with Crippen LogP contribution < -0.4 is 14.5 Å². The van der Waals surface area contributed by atoms with E-state index in [2.05, 4.69) is 19.9 Å². The molecule has 210 valence electrons. The van der Waals surface area contributed by atoms with Crippen LogP contribution in [0.3, 0.4) is 0 Å². The zero-order chi connectivity index (χ0) is 28.6. The Labute approximate surface area is 233 Å². The van der Waals surface area contributed by atoms with Crippen LogP contribution in [0.2, 0.25) is 0 Å². The van der Waals surface area contributed by atoms with Crippen molar-refractivity contribution in [2.45, 2.75) is 19.8 Å². The number of carbonyl (C=O) groups excluding carboxylic acids is 1. The van der Waals surface area contributed by atoms with Crippen LogP contribution in [-0.2, 0) is 14.8 Å². The lowest BCUT2D eigenvalue weighted by molar-refractivity contribution is 0.0977. The average Bonchev–Trinajstić information content (AvgIpc) is 3.32. The minimum Gasteiger partial charge on any atom is -0.378 e. The van der Waals surface area contributed by atoms with Crippen molar-refractivity contribution in [2.24, 2.45) is 0 Å². The van der Waals surface area contributed by atoms with Crippen molar-refractivity contribution in [1.29, 1.82) is 0 Å². The van der Waals surface area contributed by atoms with Crippen LogP contribution in [0, 0.1) is 0 Å². The van der Waals surface area contributed by atoms with Crippen molar-refractivity contribution < 1.29 is 17.9 Å². The zero-order valence-corrected chi connectivity index (χ0v) is 23.9. The van der Waals surface area contributed by atoms with Crippen LogP contribution in [0.5, 0.6) is 0 Å². The van der Waals surface area contributed by atoms with Crippen LogP contribution in [0.1, 0.15) is 35.9 Å². The molecule has 0 saturated carbocycles. The van der Waals surface area contributed by atoms with E-state index in [9.17, 15) is 13.2 Å². The summed E-state index contributed by atoms with van der Waals surface area (Å²) in [6, 6.07) is 9.52. The van der Waals surface area contributed by atoms with Crippen molar-refractivity contribution in [1.82, 2.24) is 29.5 Å². The number of aromatic nitrogens is 5. The number of carbonyl (C=O) groups is 1. The van der Waals surface area contributed by atoms with Crippen LogP contribution in [-0.4, -0.2) is 85.7 Å². The number of amides is 1. The van der Waals surface area contributed by atoms with Gasteiger partial charge in [0.25, 0.3) is 5.91 Å². The monoisotopic (exact) mass is 564 g/mol. The van der Waals surface area contributed by atoms with E-state index in [0.29, 0.717) is 35.9 Å². The SMILES string of the molecule is CC(C)c1nn(-c2cccc(N3CCOCC3)c2)c2nc(C(=O)NS(C)(=O)=O)cc(-c3cnc(N(C)C)nc3)c12. The van der Waals surface area contributed by atoms with Crippen molar-refractivity contribution in [3.63, 3.8) is 0 Å². The van der Waals surface area contributed by atoms with Crippen molar-refractivity contribution in [3.8, 4) is 16.8 Å². The highest BCUT2D eigenvalue weighted by atomic mass is 32.2. The van der Waals surface area contributed by atoms with Gasteiger partial charge >= 0.3 is 0 Å². The van der Waals surface area contributed by atoms with Gasteiger partial charge < -0.3 is 14.5 Å². The topological polar surface area (TPSA) is 135 Å². The molecule has 5 rings (SSSR count). The van der Waals surface area contributed by atoms with Crippen LogP contribution >= 0.6 is 0 Å². The fraction of sp³-hybridized carbons (Fsp3) is 0.370. The first-order valence-corrected chi connectivity index (χ1v) is 14.8. The maximum Gasteiger partial charge on any atom is 0.283 e. The van der Waals surface area contributed by atoms with Crippen LogP contribution in [0.4, 0.5) is 11.6 Å². The number of hydrogen-bond donors (Lipinski definition) is 1. The molecule has 1 aliphatic heterocycles. The minimum atomic E-state index is -3.81. The first-order chi connectivity index (χ1) is 19.0. The van der Waals surface area contributed by atoms with Crippen LogP contribution in [0.25, 0.3) is 27.8 Å². The molecule has 1 N–H and O–H groups in total. The van der Waals surface area contributed by atoms with E-state index in [1.165, 1.54) is 0 Å². The number of benzene rings is 1. The molecule has 0 bridgehead atoms. The number of nitrogens with one attached hydrogen (secondary N) is 1. The van der Waals surface area contributed by atoms with Gasteiger partial charge in [0.2, 0.25) is 16.0 Å². The largest absolute Gasteiger partial charge is 0.378 e. The predicted octanol–water partition coefficient (Wildman–Crippen LogP) is 2.59. The van der Waals surface area contributed by atoms with Gasteiger partial charge in [-0.25, -0.2) is 32.8 Å². The number of rotatable bonds is 7. The molecule has 40 heavy (non-hydrogen) atoms. The Morgan fingerprint density at radius 2 is 1.75 bits per heavy atom. The molecule has 0 unspecified atom stereocenters. The Bertz CT molecular complexity index is 1660. The second-order valence-corrected chi connectivity index (χ2v) is 11.9. The van der Waals surface area contributed by atoms with Gasteiger partial charge in [-0.05, 0) is 30.2 Å². The maximum atomic E-state index is 13.0. The second kappa shape index (κ2) is 10.8. The van der Waals surface area contributed by atoms with Gasteiger partial charge in [-0.3, -0.25) is 4.79 Å². The Morgan fingerprint density at radius 1 is 1.07 bits per heavy atom. The molecule has 13 heteroatoms. The molecule has 12 nitrogen and oxygen atoms in total. The molecule has 4 aromatic rings. The number of morpholine rings is 1. The van der Waals surface area contributed by atoms with E-state index in [-0.39, 0.29) is 11.6 Å². The highest BCUT2D eigenvalue weighted by Crippen LogP contribution is 2.35. The summed E-state index contributed by atoms with van der Waals surface area (Å²) in [7, 11) is -0.121. The van der Waals surface area contributed by atoms with Gasteiger partial charge in [-0.15, -0.1) is 0 Å². The summed E-state index contributed by atoms with van der Waals surface area (Å²) >= 11 is 0. The first-order valence-electron chi connectivity index (χ1n) is 12.9. The molecule has 0 spiro atoms. The summed E-state index contributed by atoms with van der Waals surface area (Å²) < 4.78 is 33.0. The third-order valence-corrected chi connectivity index (χ3v) is 7.08. The van der Waals surface area contributed by atoms with Crippen molar-refractivity contribution >= 4 is 38.6 Å². The van der Waals surface area contributed by atoms with Gasteiger partial charge in [0, 0.05) is 56.4 Å². The van der Waals surface area contributed by atoms with E-state index < -0.39 is 15.9 Å². The zero-order valence-electron chi connectivity index (χ0n) is 23.1. The quantitative estimate of drug-likeness (QED) is 0.357. The number of nitrogens with zero attached hydrogens (tertiary/aromatic N) is 7. The fourth-order valence-corrected chi connectivity index (χ4v) is 5.07. The summed E-state index contributed by atoms with van der Waals surface area (Å²) in [4.78, 5) is 30.6. The Hall–Kier alpha value is -4.10. The van der Waals surface area contributed by atoms with E-state index in [1.807, 2.05) is 56.9 Å². The minimum absolute atomic E-state index is 0.0180. The lowest BCUT2D eigenvalue weighted by atomic mass is 9.99. The molecule has 1 saturated heterocycles. The second-order valence-electron chi connectivity index (χ2n) is 10.2. The summed E-state index contributed by atoms with van der Waals surface area (Å²) in [6.07, 6.45) is 4.28. The third kappa shape index (κ3) is 5.61. The lowest BCUT2D eigenvalue weighted by Crippen LogP contribution is -2.36. The standard InChI is InChI=1S/C27H32N8O4S/c1-17(2)24-23-21(18-15-28-27(29-16-18)33(3)4)14-22(26(36)32-40(5,37)38)30-25(23)35(31-24)20-8-6-7-19(13-20)34-9-11-39-12-10-34/h6-8,13-17H,9-12H2,1-5H3,(H,32,36). The molecule has 0 radical (unpaired) electrons. The molecule has 1 fully saturated rings. The fourth-order valence-electron chi connectivity index (χ4n) is 4.63. The summed E-state index contributed by atoms with van der Waals surface area (Å²) in [5.41, 5.74) is 4.21. The Balaban J connectivity index is 1.75. The first kappa shape index (κ1) is 27.5. The maximum absolute atomic E-state index is 13.0. The van der Waals surface area contributed by atoms with Crippen molar-refractivity contribution in [2.75, 3.05) is 56.5 Å². The number of sulfonamides is 1. The Kier molecular flexibility index (Phi) is 7.43. The van der Waals surface area contributed by atoms with Crippen molar-refractivity contribution in [3.05, 3.63) is 54.1 Å². The van der Waals surface area contributed by atoms with Gasteiger partial charge in [-0.2, -0.15) is 5.10 Å². The number of fused-ring (bicyclic) bond motifs is 1. The van der Waals surface area contributed by atoms with Gasteiger partial charge in [0.1, 0.15) is 5.69 Å². The molecule has 0 atom stereocenters. The highest BCUT2D eigenvalue weighted by Gasteiger charge is 2.25. The lowest BCUT2D eigenvalue weighted by Gasteiger charge is -2.29. The molecular weight excluding hydrogens is 532 g/mol. The summed E-state index contributed by atoms with van der Waals surface area (Å²) in [5, 5.41) is 5.70. The van der Waals surface area contributed by atoms with Gasteiger partial charge in [-0.1, -0.05) is 19.9 Å². The number of anilines is 2. The smallest absolute Gasteiger partial charge is 0.283 e. The average molecular weight is 565 g/mol. The molecule has 1 amide bonds. The number of ether oxygens (including phenoxy) is 1. The molecule has 3 aromatic heterocycles. The molecule has 0 aliphatic carbocycles. The van der Waals surface area contributed by atoms with Gasteiger partial charge in [0.05, 0.1) is 36.2 Å². The van der Waals surface area contributed by atoms with E-state index in [1.54, 1.807) is 28.0 Å². The highest BCUT2D eigenvalue weighted by molar-refractivity contribution is 7.89. The third-order valence-electron chi connectivity index (χ3n) is 6.52. The van der Waals surface area contributed by atoms with E-state index >= 15 is 0 Å².